The molecule has 1 unspecified atom stereocenters. The van der Waals surface area contributed by atoms with Crippen LogP contribution in [0, 0.1) is 17.0 Å². The van der Waals surface area contributed by atoms with Crippen LogP contribution < -0.4 is 10.1 Å². The predicted octanol–water partition coefficient (Wildman–Crippen LogP) is 2.24. The van der Waals surface area contributed by atoms with Crippen molar-refractivity contribution in [1.29, 1.82) is 0 Å². The number of methoxy groups -OCH3 is 1. The minimum absolute atomic E-state index is 0.0442. The van der Waals surface area contributed by atoms with Gasteiger partial charge in [-0.3, -0.25) is 19.7 Å². The van der Waals surface area contributed by atoms with Crippen molar-refractivity contribution in [1.82, 2.24) is 15.2 Å². The van der Waals surface area contributed by atoms with E-state index in [2.05, 4.69) is 10.3 Å². The first-order valence-corrected chi connectivity index (χ1v) is 10.3. The molecule has 32 heavy (non-hydrogen) atoms. The number of carbonyl (C=O) groups excluding carboxylic acids is 2. The van der Waals surface area contributed by atoms with Gasteiger partial charge in [0.2, 0.25) is 11.8 Å². The second-order valence-electron chi connectivity index (χ2n) is 7.44. The topological polar surface area (TPSA) is 124 Å². The normalized spacial score (nSPS) is 15.4. The molecule has 1 aromatic carbocycles. The molecule has 1 aromatic heterocycles. The summed E-state index contributed by atoms with van der Waals surface area (Å²) in [5, 5.41) is 13.9. The number of nitrogens with zero attached hydrogens (tertiary/aromatic N) is 3. The monoisotopic (exact) mass is 442 g/mol. The average molecular weight is 442 g/mol. The number of aromatic nitrogens is 1. The molecule has 10 heteroatoms. The largest absolute Gasteiger partial charge is 0.475 e. The first-order valence-electron chi connectivity index (χ1n) is 10.3. The Hall–Kier alpha value is -3.53. The Bertz CT molecular complexity index is 996. The van der Waals surface area contributed by atoms with Crippen LogP contribution in [-0.2, 0) is 16.1 Å². The van der Waals surface area contributed by atoms with Crippen LogP contribution in [0.25, 0.3) is 0 Å². The van der Waals surface area contributed by atoms with E-state index in [0.717, 1.165) is 5.56 Å². The van der Waals surface area contributed by atoms with Crippen LogP contribution in [-0.4, -0.2) is 59.5 Å². The number of hydrogen-bond donors (Lipinski definition) is 1. The fraction of sp³-hybridized carbons (Fsp3) is 0.409. The number of nitro groups is 1. The smallest absolute Gasteiger partial charge is 0.272 e. The van der Waals surface area contributed by atoms with Crippen molar-refractivity contribution in [2.75, 3.05) is 26.9 Å². The summed E-state index contributed by atoms with van der Waals surface area (Å²) >= 11 is 0. The summed E-state index contributed by atoms with van der Waals surface area (Å²) in [5.74, 6) is -0.155. The van der Waals surface area contributed by atoms with Crippen LogP contribution in [0.1, 0.15) is 34.3 Å². The number of ether oxygens (including phenoxy) is 2. The Kier molecular flexibility index (Phi) is 7.72. The number of likely N-dealkylation sites (tertiary alicyclic amines) is 1. The number of hydrogen-bond acceptors (Lipinski definition) is 7. The summed E-state index contributed by atoms with van der Waals surface area (Å²) < 4.78 is 10.6. The number of benzene rings is 1. The number of carbonyl (C=O) groups is 2. The Balaban J connectivity index is 1.65. The third-order valence-electron chi connectivity index (χ3n) is 5.29. The number of amides is 2. The zero-order valence-corrected chi connectivity index (χ0v) is 18.1. The molecule has 0 saturated carbocycles. The van der Waals surface area contributed by atoms with Gasteiger partial charge in [0, 0.05) is 49.2 Å². The first kappa shape index (κ1) is 23.1. The maximum absolute atomic E-state index is 13.0. The van der Waals surface area contributed by atoms with Crippen LogP contribution in [0.2, 0.25) is 0 Å². The van der Waals surface area contributed by atoms with E-state index in [1.807, 2.05) is 6.07 Å². The van der Waals surface area contributed by atoms with E-state index in [-0.39, 0.29) is 24.0 Å². The number of pyridine rings is 1. The van der Waals surface area contributed by atoms with Gasteiger partial charge < -0.3 is 19.7 Å². The fourth-order valence-electron chi connectivity index (χ4n) is 3.65. The molecule has 1 saturated heterocycles. The number of rotatable bonds is 9. The average Bonchev–Trinajstić information content (AvgIpc) is 3.27. The zero-order chi connectivity index (χ0) is 23.1. The second kappa shape index (κ2) is 10.7. The maximum Gasteiger partial charge on any atom is 0.272 e. The summed E-state index contributed by atoms with van der Waals surface area (Å²) in [5.41, 5.74) is 1.41. The predicted molar refractivity (Wildman–Crippen MR) is 115 cm³/mol. The van der Waals surface area contributed by atoms with E-state index >= 15 is 0 Å². The van der Waals surface area contributed by atoms with Crippen molar-refractivity contribution in [2.24, 2.45) is 0 Å². The molecule has 0 bridgehead atoms. The van der Waals surface area contributed by atoms with E-state index in [0.29, 0.717) is 49.6 Å². The van der Waals surface area contributed by atoms with Crippen LogP contribution in [0.4, 0.5) is 5.69 Å². The summed E-state index contributed by atoms with van der Waals surface area (Å²) in [6.45, 7) is 3.01. The molecule has 3 rings (SSSR count). The summed E-state index contributed by atoms with van der Waals surface area (Å²) in [7, 11) is 1.58. The number of aryl methyl sites for hydroxylation is 1. The van der Waals surface area contributed by atoms with Crippen LogP contribution in [0.3, 0.4) is 0 Å². The standard InChI is InChI=1S/C22H26N4O6/c1-15-13-16(7-8-18(15)26(29)30)22(28)25-10-4-6-19(25)20(27)24-14-17-5-3-9-23-21(17)32-12-11-31-2/h3,5,7-9,13,19H,4,6,10-12,14H2,1-2H3,(H,24,27). The molecule has 1 fully saturated rings. The highest BCUT2D eigenvalue weighted by Crippen LogP contribution is 2.24. The molecular weight excluding hydrogens is 416 g/mol. The minimum atomic E-state index is -0.604. The Morgan fingerprint density at radius 3 is 2.84 bits per heavy atom. The summed E-state index contributed by atoms with van der Waals surface area (Å²) in [6.07, 6.45) is 2.86. The zero-order valence-electron chi connectivity index (χ0n) is 18.1. The highest BCUT2D eigenvalue weighted by atomic mass is 16.6. The van der Waals surface area contributed by atoms with Gasteiger partial charge in [0.25, 0.3) is 11.6 Å². The van der Waals surface area contributed by atoms with E-state index in [9.17, 15) is 19.7 Å². The molecule has 0 aliphatic carbocycles. The molecular formula is C22H26N4O6. The lowest BCUT2D eigenvalue weighted by molar-refractivity contribution is -0.385. The molecule has 0 spiro atoms. The summed E-state index contributed by atoms with van der Waals surface area (Å²) in [4.78, 5) is 42.1. The third-order valence-corrected chi connectivity index (χ3v) is 5.29. The lowest BCUT2D eigenvalue weighted by Crippen LogP contribution is -2.45. The van der Waals surface area contributed by atoms with Crippen molar-refractivity contribution in [3.63, 3.8) is 0 Å². The molecule has 1 N–H and O–H groups in total. The lowest BCUT2D eigenvalue weighted by atomic mass is 10.1. The van der Waals surface area contributed by atoms with Crippen molar-refractivity contribution >= 4 is 17.5 Å². The molecule has 0 radical (unpaired) electrons. The highest BCUT2D eigenvalue weighted by molar-refractivity contribution is 5.98. The van der Waals surface area contributed by atoms with Crippen molar-refractivity contribution in [3.05, 3.63) is 63.3 Å². The van der Waals surface area contributed by atoms with Crippen molar-refractivity contribution < 1.29 is 24.0 Å². The Morgan fingerprint density at radius 2 is 2.12 bits per heavy atom. The third kappa shape index (κ3) is 5.38. The van der Waals surface area contributed by atoms with Crippen molar-refractivity contribution in [2.45, 2.75) is 32.4 Å². The van der Waals surface area contributed by atoms with Gasteiger partial charge in [-0.2, -0.15) is 0 Å². The Labute approximate surface area is 185 Å². The van der Waals surface area contributed by atoms with Crippen LogP contribution >= 0.6 is 0 Å². The van der Waals surface area contributed by atoms with Gasteiger partial charge >= 0.3 is 0 Å². The quantitative estimate of drug-likeness (QED) is 0.359. The van der Waals surface area contributed by atoms with Gasteiger partial charge in [0.15, 0.2) is 0 Å². The lowest BCUT2D eigenvalue weighted by Gasteiger charge is -2.24. The molecule has 1 aliphatic rings. The molecule has 1 atom stereocenters. The number of nitrogens with one attached hydrogen (secondary N) is 1. The van der Waals surface area contributed by atoms with Crippen LogP contribution in [0.5, 0.6) is 5.88 Å². The molecule has 2 aromatic rings. The van der Waals surface area contributed by atoms with E-state index in [4.69, 9.17) is 9.47 Å². The molecule has 170 valence electrons. The van der Waals surface area contributed by atoms with Gasteiger partial charge in [-0.25, -0.2) is 4.98 Å². The van der Waals surface area contributed by atoms with Gasteiger partial charge in [0.05, 0.1) is 11.5 Å². The minimum Gasteiger partial charge on any atom is -0.475 e. The highest BCUT2D eigenvalue weighted by Gasteiger charge is 2.34. The fourth-order valence-corrected chi connectivity index (χ4v) is 3.65. The Morgan fingerprint density at radius 1 is 1.31 bits per heavy atom. The van der Waals surface area contributed by atoms with Crippen LogP contribution in [0.15, 0.2) is 36.5 Å². The van der Waals surface area contributed by atoms with Gasteiger partial charge in [-0.1, -0.05) is 6.07 Å². The summed E-state index contributed by atoms with van der Waals surface area (Å²) in [6, 6.07) is 7.21. The van der Waals surface area contributed by atoms with E-state index in [1.54, 1.807) is 26.3 Å². The SMILES string of the molecule is COCCOc1ncccc1CNC(=O)C1CCCN1C(=O)c1ccc([N+](=O)[O-])c(C)c1. The van der Waals surface area contributed by atoms with E-state index in [1.165, 1.54) is 23.1 Å². The molecule has 10 nitrogen and oxygen atoms in total. The van der Waals surface area contributed by atoms with Gasteiger partial charge in [-0.05, 0) is 38.0 Å². The maximum atomic E-state index is 13.0. The van der Waals surface area contributed by atoms with E-state index < -0.39 is 11.0 Å². The molecule has 2 amide bonds. The second-order valence-corrected chi connectivity index (χ2v) is 7.44. The molecule has 2 heterocycles. The van der Waals surface area contributed by atoms with Gasteiger partial charge in [-0.15, -0.1) is 0 Å². The molecule has 1 aliphatic heterocycles. The number of nitro benzene ring substituents is 1. The van der Waals surface area contributed by atoms with Crippen molar-refractivity contribution in [3.8, 4) is 5.88 Å². The van der Waals surface area contributed by atoms with Gasteiger partial charge in [0.1, 0.15) is 12.6 Å². The first-order chi connectivity index (χ1) is 15.4.